The summed E-state index contributed by atoms with van der Waals surface area (Å²) in [5.41, 5.74) is -2.10. The number of hydrogen-bond acceptors (Lipinski definition) is 6. The number of nitrogens with zero attached hydrogens (tertiary/aromatic N) is 1. The van der Waals surface area contributed by atoms with Crippen LogP contribution in [0.15, 0.2) is 35.3 Å². The zero-order valence-electron chi connectivity index (χ0n) is 19.8. The molecule has 1 fully saturated rings. The largest absolute Gasteiger partial charge is 0.490 e. The zero-order chi connectivity index (χ0) is 26.5. The van der Waals surface area contributed by atoms with Crippen molar-refractivity contribution in [3.05, 3.63) is 62.5 Å². The number of nitrogens with one attached hydrogen (secondary N) is 2. The minimum absolute atomic E-state index is 0.00553. The number of aromatic amines is 1. The molecule has 0 spiro atoms. The number of hydrogen-bond donors (Lipinski definition) is 2. The van der Waals surface area contributed by atoms with Gasteiger partial charge in [-0.3, -0.25) is 19.3 Å². The van der Waals surface area contributed by atoms with Gasteiger partial charge in [0.25, 0.3) is 5.91 Å². The zero-order valence-corrected chi connectivity index (χ0v) is 20.5. The lowest BCUT2D eigenvalue weighted by molar-refractivity contribution is -0.147. The van der Waals surface area contributed by atoms with Crippen molar-refractivity contribution in [2.45, 2.75) is 45.1 Å². The number of aryl methyl sites for hydroxylation is 1. The Labute approximate surface area is 210 Å². The van der Waals surface area contributed by atoms with E-state index in [0.29, 0.717) is 43.2 Å². The van der Waals surface area contributed by atoms with Crippen molar-refractivity contribution in [2.24, 2.45) is 0 Å². The Morgan fingerprint density at radius 1 is 1.25 bits per heavy atom. The van der Waals surface area contributed by atoms with Gasteiger partial charge in [-0.15, -0.1) is 0 Å². The number of rotatable bonds is 8. The van der Waals surface area contributed by atoms with Crippen LogP contribution in [-0.2, 0) is 15.7 Å². The Morgan fingerprint density at radius 2 is 1.94 bits per heavy atom. The lowest BCUT2D eigenvalue weighted by atomic mass is 10.1. The van der Waals surface area contributed by atoms with Gasteiger partial charge in [0, 0.05) is 43.8 Å². The van der Waals surface area contributed by atoms with Crippen molar-refractivity contribution in [1.29, 1.82) is 0 Å². The summed E-state index contributed by atoms with van der Waals surface area (Å²) in [4.78, 5) is 39.5. The van der Waals surface area contributed by atoms with E-state index in [2.05, 4.69) is 10.3 Å². The Morgan fingerprint density at radius 3 is 2.56 bits per heavy atom. The highest BCUT2D eigenvalue weighted by molar-refractivity contribution is 6.30. The summed E-state index contributed by atoms with van der Waals surface area (Å²) in [5, 5.41) is 3.01. The molecule has 2 N–H and O–H groups in total. The third-order valence-corrected chi connectivity index (χ3v) is 5.96. The molecule has 0 unspecified atom stereocenters. The van der Waals surface area contributed by atoms with E-state index >= 15 is 0 Å². The fourth-order valence-electron chi connectivity index (χ4n) is 4.00. The maximum Gasteiger partial charge on any atom is 0.417 e. The fourth-order valence-corrected chi connectivity index (χ4v) is 4.22. The minimum atomic E-state index is -4.88. The van der Waals surface area contributed by atoms with Crippen LogP contribution in [0.2, 0.25) is 5.02 Å². The molecule has 36 heavy (non-hydrogen) atoms. The van der Waals surface area contributed by atoms with Gasteiger partial charge in [-0.1, -0.05) is 11.6 Å². The van der Waals surface area contributed by atoms with Crippen LogP contribution in [0.25, 0.3) is 0 Å². The van der Waals surface area contributed by atoms with Crippen LogP contribution in [0.5, 0.6) is 5.75 Å². The molecule has 2 heterocycles. The lowest BCUT2D eigenvalue weighted by Gasteiger charge is -2.34. The number of likely N-dealkylation sites (tertiary alicyclic amines) is 1. The van der Waals surface area contributed by atoms with Crippen molar-refractivity contribution in [3.8, 4) is 5.75 Å². The van der Waals surface area contributed by atoms with Crippen molar-refractivity contribution < 1.29 is 32.2 Å². The number of benzene rings is 1. The predicted molar refractivity (Wildman–Crippen MR) is 126 cm³/mol. The summed E-state index contributed by atoms with van der Waals surface area (Å²) in [6.07, 6.45) is -3.52. The number of carbonyl (C=O) groups is 2. The number of halogens is 4. The molecule has 1 aliphatic heterocycles. The number of carbonyl (C=O) groups excluding carboxylic acids is 2. The van der Waals surface area contributed by atoms with E-state index in [-0.39, 0.29) is 19.2 Å². The molecule has 1 amide bonds. The SMILES string of the molecule is CC(=O)O[C@H](CNC(=O)c1c[nH]c(=O)cc1C(F)(F)F)CN1CCC(Oc2ccc(Cl)cc2C)CC1. The molecule has 1 atom stereocenters. The third kappa shape index (κ3) is 7.72. The summed E-state index contributed by atoms with van der Waals surface area (Å²) in [7, 11) is 0. The molecular weight excluding hydrogens is 503 g/mol. The van der Waals surface area contributed by atoms with E-state index in [0.717, 1.165) is 11.3 Å². The molecule has 12 heteroatoms. The molecule has 1 aliphatic rings. The van der Waals surface area contributed by atoms with Crippen molar-refractivity contribution in [3.63, 3.8) is 0 Å². The monoisotopic (exact) mass is 529 g/mol. The van der Waals surface area contributed by atoms with Crippen molar-refractivity contribution >= 4 is 23.5 Å². The molecule has 2 aromatic rings. The normalized spacial score (nSPS) is 15.8. The van der Waals surface area contributed by atoms with E-state index in [9.17, 15) is 27.6 Å². The molecule has 8 nitrogen and oxygen atoms in total. The molecule has 1 aromatic carbocycles. The number of alkyl halides is 3. The highest BCUT2D eigenvalue weighted by atomic mass is 35.5. The summed E-state index contributed by atoms with van der Waals surface area (Å²) < 4.78 is 51.1. The average molecular weight is 530 g/mol. The molecule has 1 aromatic heterocycles. The number of pyridine rings is 1. The van der Waals surface area contributed by atoms with Gasteiger partial charge >= 0.3 is 12.1 Å². The van der Waals surface area contributed by atoms with Crippen molar-refractivity contribution in [2.75, 3.05) is 26.2 Å². The summed E-state index contributed by atoms with van der Waals surface area (Å²) in [6, 6.07) is 5.75. The number of esters is 1. The Balaban J connectivity index is 1.57. The summed E-state index contributed by atoms with van der Waals surface area (Å²) in [6.45, 7) is 4.49. The van der Waals surface area contributed by atoms with Crippen LogP contribution in [0.1, 0.15) is 41.3 Å². The van der Waals surface area contributed by atoms with Crippen LogP contribution in [0, 0.1) is 6.92 Å². The highest BCUT2D eigenvalue weighted by Gasteiger charge is 2.36. The van der Waals surface area contributed by atoms with Gasteiger partial charge in [-0.25, -0.2) is 0 Å². The van der Waals surface area contributed by atoms with Crippen LogP contribution in [0.4, 0.5) is 13.2 Å². The Bertz CT molecular complexity index is 1150. The molecule has 1 saturated heterocycles. The first-order valence-corrected chi connectivity index (χ1v) is 11.7. The lowest BCUT2D eigenvalue weighted by Crippen LogP contribution is -2.46. The van der Waals surface area contributed by atoms with Gasteiger partial charge in [0.15, 0.2) is 0 Å². The van der Waals surface area contributed by atoms with Gasteiger partial charge in [-0.2, -0.15) is 13.2 Å². The van der Waals surface area contributed by atoms with Crippen LogP contribution < -0.4 is 15.6 Å². The molecule has 0 radical (unpaired) electrons. The van der Waals surface area contributed by atoms with Gasteiger partial charge in [0.05, 0.1) is 17.7 Å². The first-order valence-electron chi connectivity index (χ1n) is 11.3. The van der Waals surface area contributed by atoms with Crippen LogP contribution >= 0.6 is 11.6 Å². The molecule has 0 bridgehead atoms. The quantitative estimate of drug-likeness (QED) is 0.507. The first kappa shape index (κ1) is 27.5. The van der Waals surface area contributed by atoms with Crippen LogP contribution in [0.3, 0.4) is 0 Å². The second kappa shape index (κ2) is 11.8. The molecule has 3 rings (SSSR count). The predicted octanol–water partition coefficient (Wildman–Crippen LogP) is 3.56. The van der Waals surface area contributed by atoms with E-state index in [4.69, 9.17) is 21.1 Å². The number of piperidine rings is 1. The average Bonchev–Trinajstić information content (AvgIpc) is 2.79. The van der Waals surface area contributed by atoms with E-state index in [1.165, 1.54) is 6.92 Å². The number of aromatic nitrogens is 1. The molecule has 0 saturated carbocycles. The number of H-pyrrole nitrogens is 1. The summed E-state index contributed by atoms with van der Waals surface area (Å²) >= 11 is 5.99. The minimum Gasteiger partial charge on any atom is -0.490 e. The fraction of sp³-hybridized carbons (Fsp3) is 0.458. The van der Waals surface area contributed by atoms with E-state index in [1.54, 1.807) is 6.07 Å². The number of ether oxygens (including phenoxy) is 2. The number of amides is 1. The Kier molecular flexibility index (Phi) is 9.02. The van der Waals surface area contributed by atoms with E-state index < -0.39 is 40.8 Å². The first-order chi connectivity index (χ1) is 16.9. The smallest absolute Gasteiger partial charge is 0.417 e. The molecule has 196 valence electrons. The van der Waals surface area contributed by atoms with Gasteiger partial charge < -0.3 is 19.8 Å². The van der Waals surface area contributed by atoms with Crippen LogP contribution in [-0.4, -0.2) is 60.1 Å². The third-order valence-electron chi connectivity index (χ3n) is 5.72. The van der Waals surface area contributed by atoms with Gasteiger partial charge in [0.2, 0.25) is 5.56 Å². The van der Waals surface area contributed by atoms with Gasteiger partial charge in [0.1, 0.15) is 18.0 Å². The molecule has 0 aliphatic carbocycles. The van der Waals surface area contributed by atoms with Crippen molar-refractivity contribution in [1.82, 2.24) is 15.2 Å². The second-order valence-corrected chi connectivity index (χ2v) is 9.03. The maximum atomic E-state index is 13.3. The second-order valence-electron chi connectivity index (χ2n) is 8.59. The summed E-state index contributed by atoms with van der Waals surface area (Å²) in [5.74, 6) is -0.856. The Hall–Kier alpha value is -3.05. The highest BCUT2D eigenvalue weighted by Crippen LogP contribution is 2.30. The standard InChI is InChI=1S/C24H27ClF3N3O5/c1-14-9-16(25)3-4-21(14)36-17-5-7-31(8-6-17)13-18(35-15(2)32)11-30-23(34)19-12-29-22(33)10-20(19)24(26,27)28/h3-4,9-10,12,17-18H,5-8,11,13H2,1-2H3,(H,29,33)(H,30,34)/t18-/m1/s1. The topological polar surface area (TPSA) is 101 Å². The maximum absolute atomic E-state index is 13.3. The molecular formula is C24H27ClF3N3O5. The van der Waals surface area contributed by atoms with Gasteiger partial charge in [-0.05, 0) is 43.5 Å². The van der Waals surface area contributed by atoms with E-state index in [1.807, 2.05) is 24.0 Å².